The number of ether oxygens (including phenoxy) is 2. The Morgan fingerprint density at radius 1 is 1.16 bits per heavy atom. The van der Waals surface area contributed by atoms with Crippen LogP contribution in [0.3, 0.4) is 0 Å². The van der Waals surface area contributed by atoms with Crippen LogP contribution < -0.4 is 10.6 Å². The fourth-order valence-electron chi connectivity index (χ4n) is 2.01. The van der Waals surface area contributed by atoms with Gasteiger partial charge in [0.2, 0.25) is 0 Å². The van der Waals surface area contributed by atoms with E-state index in [4.69, 9.17) is 4.74 Å². The summed E-state index contributed by atoms with van der Waals surface area (Å²) in [4.78, 5) is 31.7. The molecule has 0 radical (unpaired) electrons. The minimum absolute atomic E-state index is 0.228. The maximum Gasteiger partial charge on any atom is 0.337 e. The van der Waals surface area contributed by atoms with E-state index in [9.17, 15) is 9.59 Å². The van der Waals surface area contributed by atoms with Crippen LogP contribution in [-0.2, 0) is 9.47 Å². The number of esters is 1. The minimum atomic E-state index is -0.421. The fraction of sp³-hybridized carbons (Fsp3) is 0.294. The van der Waals surface area contributed by atoms with E-state index < -0.39 is 5.97 Å². The molecule has 2 rings (SSSR count). The Labute approximate surface area is 145 Å². The second-order valence-corrected chi connectivity index (χ2v) is 5.09. The molecule has 1 aromatic heterocycles. The molecule has 0 bridgehead atoms. The Bertz CT molecular complexity index is 719. The first-order valence-electron chi connectivity index (χ1n) is 7.68. The van der Waals surface area contributed by atoms with Gasteiger partial charge in [0.25, 0.3) is 5.91 Å². The molecule has 0 atom stereocenters. The van der Waals surface area contributed by atoms with Crippen LogP contribution in [0.4, 0.5) is 11.5 Å². The van der Waals surface area contributed by atoms with Crippen LogP contribution in [0.15, 0.2) is 36.7 Å². The lowest BCUT2D eigenvalue weighted by Crippen LogP contribution is -2.26. The largest absolute Gasteiger partial charge is 0.465 e. The molecule has 2 N–H and O–H groups in total. The van der Waals surface area contributed by atoms with Gasteiger partial charge in [0.05, 0.1) is 25.1 Å². The van der Waals surface area contributed by atoms with Crippen molar-refractivity contribution in [1.29, 1.82) is 0 Å². The third kappa shape index (κ3) is 5.54. The first-order valence-corrected chi connectivity index (χ1v) is 7.68. The molecule has 8 heteroatoms. The van der Waals surface area contributed by atoms with Crippen molar-refractivity contribution in [2.45, 2.75) is 6.42 Å². The molecule has 2 aromatic rings. The van der Waals surface area contributed by atoms with Crippen LogP contribution >= 0.6 is 0 Å². The zero-order chi connectivity index (χ0) is 18.1. The standard InChI is InChI=1S/C17H20N4O4/c1-24-8-4-7-18-16(22)14-10-20-15(11-19-14)21-13-6-3-5-12(9-13)17(23)25-2/h3,5-6,9-11H,4,7-8H2,1-2H3,(H,18,22)(H,20,21). The van der Waals surface area contributed by atoms with Gasteiger partial charge in [-0.1, -0.05) is 6.07 Å². The molecule has 0 fully saturated rings. The third-order valence-electron chi connectivity index (χ3n) is 3.25. The number of hydrogen-bond donors (Lipinski definition) is 2. The van der Waals surface area contributed by atoms with Crippen molar-refractivity contribution in [2.24, 2.45) is 0 Å². The Morgan fingerprint density at radius 2 is 2.00 bits per heavy atom. The SMILES string of the molecule is COCCCNC(=O)c1cnc(Nc2cccc(C(=O)OC)c2)cn1. The van der Waals surface area contributed by atoms with Crippen molar-refractivity contribution >= 4 is 23.4 Å². The number of carbonyl (C=O) groups is 2. The number of carbonyl (C=O) groups excluding carboxylic acids is 2. The van der Waals surface area contributed by atoms with Gasteiger partial charge >= 0.3 is 5.97 Å². The Morgan fingerprint density at radius 3 is 2.68 bits per heavy atom. The second-order valence-electron chi connectivity index (χ2n) is 5.09. The zero-order valence-electron chi connectivity index (χ0n) is 14.1. The average Bonchev–Trinajstić information content (AvgIpc) is 2.65. The maximum absolute atomic E-state index is 11.9. The molecule has 1 aromatic carbocycles. The van der Waals surface area contributed by atoms with E-state index in [1.165, 1.54) is 19.5 Å². The summed E-state index contributed by atoms with van der Waals surface area (Å²) in [6, 6.07) is 6.80. The summed E-state index contributed by atoms with van der Waals surface area (Å²) in [6.07, 6.45) is 3.57. The van der Waals surface area contributed by atoms with Crippen LogP contribution in [0.2, 0.25) is 0 Å². The molecule has 132 valence electrons. The highest BCUT2D eigenvalue weighted by molar-refractivity contribution is 5.92. The molecule has 0 aliphatic rings. The van der Waals surface area contributed by atoms with Crippen molar-refractivity contribution in [3.8, 4) is 0 Å². The summed E-state index contributed by atoms with van der Waals surface area (Å²) < 4.78 is 9.60. The summed E-state index contributed by atoms with van der Waals surface area (Å²) in [7, 11) is 2.94. The number of methoxy groups -OCH3 is 2. The number of nitrogens with one attached hydrogen (secondary N) is 2. The number of hydrogen-bond acceptors (Lipinski definition) is 7. The van der Waals surface area contributed by atoms with Crippen LogP contribution in [0.25, 0.3) is 0 Å². The molecule has 8 nitrogen and oxygen atoms in total. The van der Waals surface area contributed by atoms with Gasteiger partial charge in [-0.2, -0.15) is 0 Å². The average molecular weight is 344 g/mol. The van der Waals surface area contributed by atoms with E-state index in [2.05, 4.69) is 25.3 Å². The van der Waals surface area contributed by atoms with Crippen molar-refractivity contribution in [3.63, 3.8) is 0 Å². The zero-order valence-corrected chi connectivity index (χ0v) is 14.1. The lowest BCUT2D eigenvalue weighted by molar-refractivity contribution is 0.0600. The van der Waals surface area contributed by atoms with Gasteiger partial charge in [0, 0.05) is 25.9 Å². The van der Waals surface area contributed by atoms with Gasteiger partial charge in [0.15, 0.2) is 0 Å². The molecule has 0 aliphatic heterocycles. The van der Waals surface area contributed by atoms with E-state index in [0.29, 0.717) is 30.2 Å². The molecular weight excluding hydrogens is 324 g/mol. The summed E-state index contributed by atoms with van der Waals surface area (Å²) in [6.45, 7) is 1.09. The van der Waals surface area contributed by atoms with Gasteiger partial charge in [-0.3, -0.25) is 4.79 Å². The van der Waals surface area contributed by atoms with E-state index in [1.807, 2.05) is 0 Å². The van der Waals surface area contributed by atoms with Crippen molar-refractivity contribution < 1.29 is 19.1 Å². The van der Waals surface area contributed by atoms with Gasteiger partial charge in [0.1, 0.15) is 11.5 Å². The Balaban J connectivity index is 1.96. The van der Waals surface area contributed by atoms with E-state index >= 15 is 0 Å². The number of benzene rings is 1. The second kappa shape index (κ2) is 9.33. The number of anilines is 2. The molecular formula is C17H20N4O4. The predicted molar refractivity (Wildman–Crippen MR) is 91.9 cm³/mol. The van der Waals surface area contributed by atoms with Gasteiger partial charge in [-0.05, 0) is 24.6 Å². The molecule has 0 unspecified atom stereocenters. The van der Waals surface area contributed by atoms with Crippen molar-refractivity contribution in [1.82, 2.24) is 15.3 Å². The number of rotatable bonds is 8. The highest BCUT2D eigenvalue weighted by atomic mass is 16.5. The third-order valence-corrected chi connectivity index (χ3v) is 3.25. The molecule has 25 heavy (non-hydrogen) atoms. The van der Waals surface area contributed by atoms with Crippen molar-refractivity contribution in [2.75, 3.05) is 32.7 Å². The fourth-order valence-corrected chi connectivity index (χ4v) is 2.01. The van der Waals surface area contributed by atoms with Crippen LogP contribution in [0.5, 0.6) is 0 Å². The number of amides is 1. The minimum Gasteiger partial charge on any atom is -0.465 e. The maximum atomic E-state index is 11.9. The van der Waals surface area contributed by atoms with Crippen LogP contribution in [-0.4, -0.2) is 49.2 Å². The van der Waals surface area contributed by atoms with Crippen molar-refractivity contribution in [3.05, 3.63) is 47.9 Å². The molecule has 0 saturated heterocycles. The summed E-state index contributed by atoms with van der Waals surface area (Å²) in [5.41, 5.74) is 1.31. The monoisotopic (exact) mass is 344 g/mol. The first-order chi connectivity index (χ1) is 12.1. The summed E-state index contributed by atoms with van der Waals surface area (Å²) in [5, 5.41) is 5.76. The Kier molecular flexibility index (Phi) is 6.85. The van der Waals surface area contributed by atoms with Crippen LogP contribution in [0, 0.1) is 0 Å². The van der Waals surface area contributed by atoms with Gasteiger partial charge in [-0.25, -0.2) is 14.8 Å². The lowest BCUT2D eigenvalue weighted by Gasteiger charge is -2.08. The van der Waals surface area contributed by atoms with E-state index in [1.54, 1.807) is 31.4 Å². The smallest absolute Gasteiger partial charge is 0.337 e. The van der Waals surface area contributed by atoms with Crippen LogP contribution in [0.1, 0.15) is 27.3 Å². The Hall–Kier alpha value is -3.00. The predicted octanol–water partition coefficient (Wildman–Crippen LogP) is 1.77. The summed E-state index contributed by atoms with van der Waals surface area (Å²) in [5.74, 6) is -0.254. The number of nitrogens with zero attached hydrogens (tertiary/aromatic N) is 2. The van der Waals surface area contributed by atoms with E-state index in [0.717, 1.165) is 6.42 Å². The lowest BCUT2D eigenvalue weighted by atomic mass is 10.2. The normalized spacial score (nSPS) is 10.2. The highest BCUT2D eigenvalue weighted by Crippen LogP contribution is 2.16. The topological polar surface area (TPSA) is 102 Å². The first kappa shape index (κ1) is 18.3. The quantitative estimate of drug-likeness (QED) is 0.556. The highest BCUT2D eigenvalue weighted by Gasteiger charge is 2.09. The summed E-state index contributed by atoms with van der Waals surface area (Å²) >= 11 is 0. The number of aromatic nitrogens is 2. The van der Waals surface area contributed by atoms with Gasteiger partial charge < -0.3 is 20.1 Å². The molecule has 0 spiro atoms. The van der Waals surface area contributed by atoms with Gasteiger partial charge in [-0.15, -0.1) is 0 Å². The molecule has 0 saturated carbocycles. The molecule has 0 aliphatic carbocycles. The molecule has 1 amide bonds. The molecule has 1 heterocycles. The van der Waals surface area contributed by atoms with E-state index in [-0.39, 0.29) is 11.6 Å².